The number of aromatic nitrogens is 4. The van der Waals surface area contributed by atoms with Crippen molar-refractivity contribution in [3.63, 3.8) is 0 Å². The monoisotopic (exact) mass is 573 g/mol. The third-order valence-electron chi connectivity index (χ3n) is 6.64. The van der Waals surface area contributed by atoms with Gasteiger partial charge >= 0.3 is 5.69 Å². The second-order valence-corrected chi connectivity index (χ2v) is 10.1. The van der Waals surface area contributed by atoms with Crippen LogP contribution in [0.15, 0.2) is 46.2 Å². The van der Waals surface area contributed by atoms with Gasteiger partial charge in [-0.25, -0.2) is 18.4 Å². The zero-order valence-corrected chi connectivity index (χ0v) is 23.4. The summed E-state index contributed by atoms with van der Waals surface area (Å²) < 4.78 is 28.0. The van der Waals surface area contributed by atoms with Crippen molar-refractivity contribution in [2.45, 2.75) is 38.8 Å². The first-order valence-corrected chi connectivity index (χ1v) is 13.6. The topological polar surface area (TPSA) is 130 Å². The third-order valence-corrected chi connectivity index (χ3v) is 7.95. The number of nitrogens with zero attached hydrogens (tertiary/aromatic N) is 4. The first-order valence-electron chi connectivity index (χ1n) is 12.8. The molecule has 1 saturated heterocycles. The highest BCUT2D eigenvalue weighted by Gasteiger charge is 2.30. The van der Waals surface area contributed by atoms with Crippen molar-refractivity contribution >= 4 is 27.5 Å². The highest BCUT2D eigenvalue weighted by molar-refractivity contribution is 7.21. The number of aryl methyl sites for hydroxylation is 3. The van der Waals surface area contributed by atoms with Crippen LogP contribution in [0.3, 0.4) is 0 Å². The zero-order valence-electron chi connectivity index (χ0n) is 22.6. The molecule has 1 fully saturated rings. The number of hydrogen-bond acceptors (Lipinski definition) is 8. The molecular formula is C27H32FN5O6S. The minimum atomic E-state index is -0.879. The molecule has 4 heterocycles. The van der Waals surface area contributed by atoms with E-state index in [9.17, 15) is 18.8 Å². The Labute approximate surface area is 233 Å². The number of nitrogens with one attached hydrogen (secondary N) is 1. The van der Waals surface area contributed by atoms with Crippen LogP contribution in [0, 0.1) is 12.7 Å². The second-order valence-electron chi connectivity index (χ2n) is 9.14. The van der Waals surface area contributed by atoms with Gasteiger partial charge in [-0.05, 0) is 56.0 Å². The van der Waals surface area contributed by atoms with Gasteiger partial charge in [-0.3, -0.25) is 14.2 Å². The maximum Gasteiger partial charge on any atom is 0.332 e. The molecule has 2 N–H and O–H groups in total. The number of piperidine rings is 1. The zero-order chi connectivity index (χ0) is 28.8. The van der Waals surface area contributed by atoms with Crippen LogP contribution in [0.25, 0.3) is 15.2 Å². The fourth-order valence-electron chi connectivity index (χ4n) is 4.70. The normalized spacial score (nSPS) is 15.0. The molecule has 0 spiro atoms. The molecule has 1 aliphatic rings. The van der Waals surface area contributed by atoms with Crippen LogP contribution in [0.4, 0.5) is 4.39 Å². The number of carbonyl (C=O) groups excluding carboxylic acids is 1. The van der Waals surface area contributed by atoms with Crippen LogP contribution in [-0.2, 0) is 22.5 Å². The fourth-order valence-corrected chi connectivity index (χ4v) is 5.96. The molecule has 1 amide bonds. The maximum absolute atomic E-state index is 13.9. The van der Waals surface area contributed by atoms with E-state index in [0.717, 1.165) is 4.57 Å². The SMILES string of the molecule is COCCO.COc1ccc(F)cc1CCn1c(=O)n([C@H]2CCCNC2=O)c(=O)c2c(C)c(-n3cccn3)sc21. The minimum absolute atomic E-state index is 0.122. The van der Waals surface area contributed by atoms with Gasteiger partial charge in [0.25, 0.3) is 5.56 Å². The van der Waals surface area contributed by atoms with E-state index in [1.807, 2.05) is 6.92 Å². The summed E-state index contributed by atoms with van der Waals surface area (Å²) in [5.41, 5.74) is 0.231. The molecule has 0 unspecified atom stereocenters. The average molecular weight is 574 g/mol. The van der Waals surface area contributed by atoms with Crippen LogP contribution in [0.5, 0.6) is 5.75 Å². The predicted octanol–water partition coefficient (Wildman–Crippen LogP) is 2.19. The highest BCUT2D eigenvalue weighted by Crippen LogP contribution is 2.31. The number of thiophene rings is 1. The first kappa shape index (κ1) is 29.2. The van der Waals surface area contributed by atoms with Crippen LogP contribution in [-0.4, -0.2) is 63.9 Å². The number of halogens is 1. The number of benzene rings is 1. The lowest BCUT2D eigenvalue weighted by molar-refractivity contribution is -0.126. The Hall–Kier alpha value is -3.81. The lowest BCUT2D eigenvalue weighted by Crippen LogP contribution is -2.49. The number of methoxy groups -OCH3 is 2. The van der Waals surface area contributed by atoms with Crippen LogP contribution >= 0.6 is 11.3 Å². The Kier molecular flexibility index (Phi) is 9.50. The van der Waals surface area contributed by atoms with Crippen molar-refractivity contribution in [1.82, 2.24) is 24.2 Å². The standard InChI is InChI=1S/C24H24FN5O4S.C3H8O2/c1-14-19-21(32)30(17-5-3-9-26-20(17)31)24(33)28(23(19)35-22(14)29-11-4-10-27-29)12-8-15-13-16(25)6-7-18(15)34-2;1-5-3-2-4/h4,6-7,10-11,13,17H,3,5,8-9,12H2,1-2H3,(H,26,31);4H,2-3H2,1H3/t17-;/m0./s1. The van der Waals surface area contributed by atoms with Gasteiger partial charge in [-0.2, -0.15) is 5.10 Å². The van der Waals surface area contributed by atoms with E-state index in [0.29, 0.717) is 64.5 Å². The molecule has 3 aromatic heterocycles. The molecule has 0 bridgehead atoms. The molecule has 0 saturated carbocycles. The number of rotatable bonds is 8. The summed E-state index contributed by atoms with van der Waals surface area (Å²) in [5.74, 6) is -0.237. The second kappa shape index (κ2) is 13.0. The largest absolute Gasteiger partial charge is 0.496 e. The van der Waals surface area contributed by atoms with Crippen molar-refractivity contribution in [1.29, 1.82) is 0 Å². The molecule has 40 heavy (non-hydrogen) atoms. The summed E-state index contributed by atoms with van der Waals surface area (Å²) in [7, 11) is 3.05. The van der Waals surface area contributed by atoms with Gasteiger partial charge in [0.2, 0.25) is 5.91 Å². The predicted molar refractivity (Wildman–Crippen MR) is 149 cm³/mol. The quantitative estimate of drug-likeness (QED) is 0.331. The van der Waals surface area contributed by atoms with Crippen LogP contribution in [0.1, 0.15) is 30.0 Å². The van der Waals surface area contributed by atoms with Gasteiger partial charge in [-0.1, -0.05) is 11.3 Å². The van der Waals surface area contributed by atoms with Gasteiger partial charge in [0.1, 0.15) is 27.4 Å². The summed E-state index contributed by atoms with van der Waals surface area (Å²) >= 11 is 1.29. The van der Waals surface area contributed by atoms with Gasteiger partial charge in [0.05, 0.1) is 25.7 Å². The van der Waals surface area contributed by atoms with Crippen molar-refractivity contribution in [2.75, 3.05) is 34.0 Å². The molecule has 1 atom stereocenters. The van der Waals surface area contributed by atoms with Gasteiger partial charge < -0.3 is 19.9 Å². The Morgan fingerprint density at radius 1 is 1.25 bits per heavy atom. The smallest absolute Gasteiger partial charge is 0.332 e. The first-order chi connectivity index (χ1) is 19.3. The van der Waals surface area contributed by atoms with Crippen molar-refractivity contribution in [3.8, 4) is 10.8 Å². The lowest BCUT2D eigenvalue weighted by atomic mass is 10.1. The Morgan fingerprint density at radius 2 is 2.05 bits per heavy atom. The number of fused-ring (bicyclic) bond motifs is 1. The number of aliphatic hydroxyl groups is 1. The summed E-state index contributed by atoms with van der Waals surface area (Å²) in [6.07, 6.45) is 4.77. The van der Waals surface area contributed by atoms with E-state index in [4.69, 9.17) is 9.84 Å². The lowest BCUT2D eigenvalue weighted by Gasteiger charge is -2.24. The summed E-state index contributed by atoms with van der Waals surface area (Å²) in [5, 5.41) is 16.1. The molecule has 4 aromatic rings. The minimum Gasteiger partial charge on any atom is -0.496 e. The van der Waals surface area contributed by atoms with E-state index in [2.05, 4.69) is 15.2 Å². The highest BCUT2D eigenvalue weighted by atomic mass is 32.1. The Morgan fingerprint density at radius 3 is 2.67 bits per heavy atom. The van der Waals surface area contributed by atoms with Crippen molar-refractivity contribution < 1.29 is 23.8 Å². The molecule has 1 aliphatic heterocycles. The van der Waals surface area contributed by atoms with Crippen molar-refractivity contribution in [3.05, 3.63) is 74.4 Å². The van der Waals surface area contributed by atoms with Gasteiger partial charge in [0.15, 0.2) is 0 Å². The Bertz CT molecular complexity index is 1590. The summed E-state index contributed by atoms with van der Waals surface area (Å²) in [6.45, 7) is 3.06. The maximum atomic E-state index is 13.9. The van der Waals surface area contributed by atoms with E-state index < -0.39 is 23.1 Å². The fraction of sp³-hybridized carbons (Fsp3) is 0.407. The molecule has 0 aliphatic carbocycles. The van der Waals surface area contributed by atoms with Crippen LogP contribution < -0.4 is 21.3 Å². The summed E-state index contributed by atoms with van der Waals surface area (Å²) in [4.78, 5) is 40.5. The molecule has 214 valence electrons. The van der Waals surface area contributed by atoms with Crippen molar-refractivity contribution in [2.24, 2.45) is 0 Å². The number of carbonyl (C=O) groups is 1. The molecule has 0 radical (unpaired) electrons. The van der Waals surface area contributed by atoms with E-state index >= 15 is 0 Å². The molecule has 11 nitrogen and oxygen atoms in total. The Balaban J connectivity index is 0.000000681. The van der Waals surface area contributed by atoms with E-state index in [1.165, 1.54) is 35.1 Å². The van der Waals surface area contributed by atoms with Crippen LogP contribution in [0.2, 0.25) is 0 Å². The molecule has 5 rings (SSSR count). The number of aliphatic hydroxyl groups excluding tert-OH is 1. The number of amides is 1. The van der Waals surface area contributed by atoms with Gasteiger partial charge in [0, 0.05) is 38.2 Å². The molecule has 13 heteroatoms. The number of ether oxygens (including phenoxy) is 2. The van der Waals surface area contributed by atoms with Gasteiger partial charge in [-0.15, -0.1) is 0 Å². The molecular weight excluding hydrogens is 541 g/mol. The molecule has 1 aromatic carbocycles. The summed E-state index contributed by atoms with van der Waals surface area (Å²) in [6, 6.07) is 5.13. The van der Waals surface area contributed by atoms with E-state index in [1.54, 1.807) is 36.3 Å². The number of hydrogen-bond donors (Lipinski definition) is 2. The van der Waals surface area contributed by atoms with E-state index in [-0.39, 0.29) is 19.1 Å². The average Bonchev–Trinajstić information content (AvgIpc) is 3.59. The third kappa shape index (κ3) is 5.86.